The Bertz CT molecular complexity index is 969. The fourth-order valence-electron chi connectivity index (χ4n) is 2.83. The summed E-state index contributed by atoms with van der Waals surface area (Å²) in [4.78, 5) is 38.5. The summed E-state index contributed by atoms with van der Waals surface area (Å²) in [7, 11) is 0. The zero-order chi connectivity index (χ0) is 24.1. The van der Waals surface area contributed by atoms with E-state index in [2.05, 4.69) is 10.7 Å². The number of phenolic OH excluding ortho intramolecular Hbond substituents is 1. The smallest absolute Gasteiger partial charge is 0.427 e. The summed E-state index contributed by atoms with van der Waals surface area (Å²) in [5.41, 5.74) is 2.35. The maximum absolute atomic E-state index is 13.3. The molecule has 0 aliphatic rings. The van der Waals surface area contributed by atoms with Crippen molar-refractivity contribution in [2.75, 3.05) is 5.01 Å². The minimum absolute atomic E-state index is 0.0740. The lowest BCUT2D eigenvalue weighted by Crippen LogP contribution is -2.59. The van der Waals surface area contributed by atoms with Gasteiger partial charge in [-0.2, -0.15) is 0 Å². The summed E-state index contributed by atoms with van der Waals surface area (Å²) in [6.07, 6.45) is -2.18. The molecule has 0 aliphatic heterocycles. The van der Waals surface area contributed by atoms with Gasteiger partial charge in [0.15, 0.2) is 0 Å². The van der Waals surface area contributed by atoms with Crippen molar-refractivity contribution in [3.63, 3.8) is 0 Å². The number of aliphatic hydroxyl groups excluding tert-OH is 1. The number of hydrogen-bond donors (Lipinski definition) is 4. The standard InChI is InChI=1S/C23H29N3O6/c1-14-17(12-9-13-18(14)28)20(29)24-19(15(2)27)21(30)26(16-10-7-6-8-11-16)25-22(31)32-23(3,4)5/h6-13,15,19,27-28H,1-5H3,(H,24,29)(H,25,31)/t15-,19+/m1/s1. The highest BCUT2D eigenvalue weighted by Crippen LogP contribution is 2.20. The lowest BCUT2D eigenvalue weighted by atomic mass is 10.1. The van der Waals surface area contributed by atoms with Gasteiger partial charge in [0.25, 0.3) is 11.8 Å². The molecule has 2 aromatic rings. The minimum atomic E-state index is -1.40. The average molecular weight is 444 g/mol. The van der Waals surface area contributed by atoms with Crippen LogP contribution in [0.1, 0.15) is 43.6 Å². The van der Waals surface area contributed by atoms with E-state index in [0.29, 0.717) is 11.3 Å². The van der Waals surface area contributed by atoms with E-state index in [-0.39, 0.29) is 11.3 Å². The molecule has 3 amide bonds. The van der Waals surface area contributed by atoms with Gasteiger partial charge in [-0.3, -0.25) is 9.59 Å². The van der Waals surface area contributed by atoms with Gasteiger partial charge in [0, 0.05) is 11.1 Å². The Kier molecular flexibility index (Phi) is 7.82. The first-order chi connectivity index (χ1) is 14.9. The molecule has 0 aromatic heterocycles. The van der Waals surface area contributed by atoms with Gasteiger partial charge in [0.2, 0.25) is 0 Å². The van der Waals surface area contributed by atoms with E-state index in [0.717, 1.165) is 5.01 Å². The second-order valence-electron chi connectivity index (χ2n) is 8.26. The number of carbonyl (C=O) groups excluding carboxylic acids is 3. The van der Waals surface area contributed by atoms with Crippen molar-refractivity contribution in [1.82, 2.24) is 10.7 Å². The highest BCUT2D eigenvalue weighted by atomic mass is 16.6. The van der Waals surface area contributed by atoms with Gasteiger partial charge >= 0.3 is 6.09 Å². The number of aliphatic hydroxyl groups is 1. The quantitative estimate of drug-likeness (QED) is 0.526. The molecule has 0 aliphatic carbocycles. The maximum Gasteiger partial charge on any atom is 0.427 e. The van der Waals surface area contributed by atoms with E-state index in [4.69, 9.17) is 4.74 Å². The largest absolute Gasteiger partial charge is 0.508 e. The van der Waals surface area contributed by atoms with E-state index in [1.54, 1.807) is 58.0 Å². The Morgan fingerprint density at radius 3 is 2.22 bits per heavy atom. The van der Waals surface area contributed by atoms with Crippen LogP contribution < -0.4 is 15.8 Å². The van der Waals surface area contributed by atoms with Crippen LogP contribution in [0.25, 0.3) is 0 Å². The SMILES string of the molecule is Cc1c(O)cccc1C(=O)N[C@H](C(=O)N(NC(=O)OC(C)(C)C)c1ccccc1)[C@@H](C)O. The number of anilines is 1. The van der Waals surface area contributed by atoms with Gasteiger partial charge in [0.05, 0.1) is 11.8 Å². The minimum Gasteiger partial charge on any atom is -0.508 e. The molecule has 0 fully saturated rings. The van der Waals surface area contributed by atoms with E-state index in [9.17, 15) is 24.6 Å². The molecule has 9 heteroatoms. The van der Waals surface area contributed by atoms with E-state index < -0.39 is 35.7 Å². The summed E-state index contributed by atoms with van der Waals surface area (Å²) in [6.45, 7) is 7.94. The first-order valence-corrected chi connectivity index (χ1v) is 10.1. The van der Waals surface area contributed by atoms with Gasteiger partial charge in [0.1, 0.15) is 17.4 Å². The Balaban J connectivity index is 2.34. The summed E-state index contributed by atoms with van der Waals surface area (Å²) in [5, 5.41) is 23.5. The second kappa shape index (κ2) is 10.1. The molecular formula is C23H29N3O6. The van der Waals surface area contributed by atoms with E-state index in [1.807, 2.05) is 0 Å². The summed E-state index contributed by atoms with van der Waals surface area (Å²) < 4.78 is 5.24. The van der Waals surface area contributed by atoms with Crippen molar-refractivity contribution in [1.29, 1.82) is 0 Å². The van der Waals surface area contributed by atoms with Crippen molar-refractivity contribution in [2.45, 2.75) is 52.4 Å². The van der Waals surface area contributed by atoms with Gasteiger partial charge in [-0.15, -0.1) is 0 Å². The van der Waals surface area contributed by atoms with Gasteiger partial charge in [-0.05, 0) is 58.9 Å². The van der Waals surface area contributed by atoms with Crippen molar-refractivity contribution in [3.8, 4) is 5.75 Å². The van der Waals surface area contributed by atoms with E-state index >= 15 is 0 Å². The van der Waals surface area contributed by atoms with Crippen LogP contribution in [0.3, 0.4) is 0 Å². The first-order valence-electron chi connectivity index (χ1n) is 10.1. The van der Waals surface area contributed by atoms with Crippen LogP contribution in [0.5, 0.6) is 5.75 Å². The molecular weight excluding hydrogens is 414 g/mol. The first kappa shape index (κ1) is 24.7. The molecule has 0 spiro atoms. The van der Waals surface area contributed by atoms with Gasteiger partial charge < -0.3 is 20.3 Å². The lowest BCUT2D eigenvalue weighted by Gasteiger charge is -2.30. The monoisotopic (exact) mass is 443 g/mol. The van der Waals surface area contributed by atoms with E-state index in [1.165, 1.54) is 25.1 Å². The molecule has 2 aromatic carbocycles. The number of rotatable bonds is 5. The molecule has 0 saturated carbocycles. The number of para-hydroxylation sites is 1. The van der Waals surface area contributed by atoms with Crippen molar-refractivity contribution >= 4 is 23.6 Å². The number of hydrazine groups is 1. The van der Waals surface area contributed by atoms with Crippen molar-refractivity contribution in [2.24, 2.45) is 0 Å². The molecule has 172 valence electrons. The van der Waals surface area contributed by atoms with Crippen LogP contribution in [-0.4, -0.2) is 45.9 Å². The summed E-state index contributed by atoms with van der Waals surface area (Å²) >= 11 is 0. The van der Waals surface area contributed by atoms with Crippen LogP contribution in [-0.2, 0) is 9.53 Å². The molecule has 0 radical (unpaired) electrons. The third-order valence-corrected chi connectivity index (χ3v) is 4.42. The molecule has 32 heavy (non-hydrogen) atoms. The predicted molar refractivity (Wildman–Crippen MR) is 119 cm³/mol. The topological polar surface area (TPSA) is 128 Å². The fraction of sp³-hybridized carbons (Fsp3) is 0.348. The van der Waals surface area contributed by atoms with Gasteiger partial charge in [-0.25, -0.2) is 15.2 Å². The Labute approximate surface area is 187 Å². The number of carbonyl (C=O) groups is 3. The lowest BCUT2D eigenvalue weighted by molar-refractivity contribution is -0.123. The molecule has 4 N–H and O–H groups in total. The number of nitrogens with one attached hydrogen (secondary N) is 2. The number of amides is 3. The van der Waals surface area contributed by atoms with Crippen molar-refractivity contribution in [3.05, 3.63) is 59.7 Å². The molecule has 2 atom stereocenters. The molecule has 0 heterocycles. The Morgan fingerprint density at radius 1 is 1.03 bits per heavy atom. The third-order valence-electron chi connectivity index (χ3n) is 4.42. The fourth-order valence-corrected chi connectivity index (χ4v) is 2.83. The molecule has 0 unspecified atom stereocenters. The molecule has 0 bridgehead atoms. The number of hydrogen-bond acceptors (Lipinski definition) is 6. The van der Waals surface area contributed by atoms with Crippen LogP contribution in [0.2, 0.25) is 0 Å². The number of aromatic hydroxyl groups is 1. The zero-order valence-electron chi connectivity index (χ0n) is 18.7. The third kappa shape index (κ3) is 6.45. The van der Waals surface area contributed by atoms with Crippen LogP contribution in [0, 0.1) is 6.92 Å². The number of phenols is 1. The summed E-state index contributed by atoms with van der Waals surface area (Å²) in [6, 6.07) is 11.2. The van der Waals surface area contributed by atoms with Gasteiger partial charge in [-0.1, -0.05) is 24.3 Å². The predicted octanol–water partition coefficient (Wildman–Crippen LogP) is 2.65. The highest BCUT2D eigenvalue weighted by Gasteiger charge is 2.33. The summed E-state index contributed by atoms with van der Waals surface area (Å²) in [5.74, 6) is -1.53. The molecule has 9 nitrogen and oxygen atoms in total. The number of ether oxygens (including phenoxy) is 1. The van der Waals surface area contributed by atoms with Crippen molar-refractivity contribution < 1.29 is 29.3 Å². The van der Waals surface area contributed by atoms with Crippen LogP contribution >= 0.6 is 0 Å². The average Bonchev–Trinajstić information content (AvgIpc) is 2.70. The van der Waals surface area contributed by atoms with Crippen LogP contribution in [0.4, 0.5) is 10.5 Å². The zero-order valence-corrected chi connectivity index (χ0v) is 18.7. The van der Waals surface area contributed by atoms with Crippen LogP contribution in [0.15, 0.2) is 48.5 Å². The molecule has 2 rings (SSSR count). The number of benzene rings is 2. The Hall–Kier alpha value is -3.59. The highest BCUT2D eigenvalue weighted by molar-refractivity contribution is 6.04. The normalized spacial score (nSPS) is 12.9. The number of nitrogens with zero attached hydrogens (tertiary/aromatic N) is 1. The second-order valence-corrected chi connectivity index (χ2v) is 8.26. The Morgan fingerprint density at radius 2 is 1.66 bits per heavy atom. The molecule has 0 saturated heterocycles. The maximum atomic E-state index is 13.3.